The molecule has 0 aromatic carbocycles. The van der Waals surface area contributed by atoms with Crippen LogP contribution in [0.1, 0.15) is 19.3 Å². The maximum atomic E-state index is 12.3. The minimum atomic E-state index is -0.386. The van der Waals surface area contributed by atoms with Gasteiger partial charge >= 0.3 is 0 Å². The Morgan fingerprint density at radius 2 is 2.00 bits per heavy atom. The van der Waals surface area contributed by atoms with Crippen LogP contribution in [-0.2, 0) is 11.3 Å². The molecule has 9 heteroatoms. The molecular formula is C17H19N7O2. The molecule has 1 aliphatic heterocycles. The average molecular weight is 353 g/mol. The van der Waals surface area contributed by atoms with Crippen LogP contribution in [0.5, 0.6) is 0 Å². The first kappa shape index (κ1) is 16.2. The van der Waals surface area contributed by atoms with E-state index in [1.807, 2.05) is 12.1 Å². The zero-order valence-electron chi connectivity index (χ0n) is 14.2. The first-order valence-corrected chi connectivity index (χ1v) is 8.62. The number of pyridine rings is 1. The summed E-state index contributed by atoms with van der Waals surface area (Å²) >= 11 is 0. The first-order chi connectivity index (χ1) is 12.7. The van der Waals surface area contributed by atoms with E-state index in [-0.39, 0.29) is 18.0 Å². The first-order valence-electron chi connectivity index (χ1n) is 8.62. The molecule has 3 aromatic heterocycles. The van der Waals surface area contributed by atoms with Gasteiger partial charge in [0.25, 0.3) is 5.56 Å². The third kappa shape index (κ3) is 3.28. The summed E-state index contributed by atoms with van der Waals surface area (Å²) in [6.07, 6.45) is 6.86. The Hall–Kier alpha value is -3.23. The van der Waals surface area contributed by atoms with Crippen LogP contribution in [0.15, 0.2) is 41.5 Å². The van der Waals surface area contributed by atoms with Gasteiger partial charge < -0.3 is 4.90 Å². The van der Waals surface area contributed by atoms with Gasteiger partial charge in [-0.2, -0.15) is 5.10 Å². The van der Waals surface area contributed by atoms with Crippen molar-refractivity contribution in [3.8, 4) is 0 Å². The van der Waals surface area contributed by atoms with Crippen molar-refractivity contribution in [2.24, 2.45) is 0 Å². The van der Waals surface area contributed by atoms with Gasteiger partial charge in [0.2, 0.25) is 11.9 Å². The van der Waals surface area contributed by atoms with Gasteiger partial charge in [0.05, 0.1) is 11.9 Å². The summed E-state index contributed by atoms with van der Waals surface area (Å²) in [6, 6.07) is 6.98. The van der Waals surface area contributed by atoms with Gasteiger partial charge in [-0.05, 0) is 31.4 Å². The number of carbonyl (C=O) groups excluding carboxylic acids is 1. The zero-order valence-corrected chi connectivity index (χ0v) is 14.2. The van der Waals surface area contributed by atoms with E-state index in [0.29, 0.717) is 11.6 Å². The van der Waals surface area contributed by atoms with E-state index >= 15 is 0 Å². The molecule has 0 aliphatic carbocycles. The zero-order chi connectivity index (χ0) is 17.9. The molecule has 134 valence electrons. The van der Waals surface area contributed by atoms with E-state index in [9.17, 15) is 9.59 Å². The Morgan fingerprint density at radius 1 is 1.15 bits per heavy atom. The minimum absolute atomic E-state index is 0.180. The fraction of sp³-hybridized carbons (Fsp3) is 0.353. The van der Waals surface area contributed by atoms with Crippen LogP contribution >= 0.6 is 0 Å². The highest BCUT2D eigenvalue weighted by atomic mass is 16.2. The standard InChI is InChI=1S/C17H19N7O2/c25-15(19-17-21-20-14-6-2-5-9-23(14)17)12-24-16(26)10-13(11-18-24)22-7-3-1-4-8-22/h2,5-6,9-11H,1,3-4,7-8,12H2,(H,19,21,25). The van der Waals surface area contributed by atoms with Crippen LogP contribution in [-0.4, -0.2) is 43.4 Å². The number of nitrogens with zero attached hydrogens (tertiary/aromatic N) is 6. The van der Waals surface area contributed by atoms with Crippen LogP contribution in [0.4, 0.5) is 11.6 Å². The molecule has 4 heterocycles. The highest BCUT2D eigenvalue weighted by Crippen LogP contribution is 2.16. The largest absolute Gasteiger partial charge is 0.370 e. The Morgan fingerprint density at radius 3 is 2.81 bits per heavy atom. The number of amides is 1. The molecule has 1 fully saturated rings. The van der Waals surface area contributed by atoms with E-state index in [1.54, 1.807) is 22.9 Å². The van der Waals surface area contributed by atoms with Crippen molar-refractivity contribution in [1.29, 1.82) is 0 Å². The van der Waals surface area contributed by atoms with E-state index in [4.69, 9.17) is 0 Å². The van der Waals surface area contributed by atoms with Crippen LogP contribution in [0.2, 0.25) is 0 Å². The molecule has 0 unspecified atom stereocenters. The molecular weight excluding hydrogens is 334 g/mol. The molecule has 1 N–H and O–H groups in total. The van der Waals surface area contributed by atoms with Crippen LogP contribution in [0.3, 0.4) is 0 Å². The molecule has 0 bridgehead atoms. The SMILES string of the molecule is O=C(Cn1ncc(N2CCCCC2)cc1=O)Nc1nnc2ccccn12. The Bertz CT molecular complexity index is 988. The Balaban J connectivity index is 1.46. The summed E-state index contributed by atoms with van der Waals surface area (Å²) in [7, 11) is 0. The molecule has 26 heavy (non-hydrogen) atoms. The van der Waals surface area contributed by atoms with Gasteiger partial charge in [0.15, 0.2) is 5.65 Å². The number of hydrogen-bond acceptors (Lipinski definition) is 6. The van der Waals surface area contributed by atoms with Crippen LogP contribution in [0.25, 0.3) is 5.65 Å². The smallest absolute Gasteiger partial charge is 0.269 e. The van der Waals surface area contributed by atoms with Crippen molar-refractivity contribution < 1.29 is 4.79 Å². The molecule has 3 aromatic rings. The van der Waals surface area contributed by atoms with Gasteiger partial charge in [-0.3, -0.25) is 19.3 Å². The van der Waals surface area contributed by atoms with Gasteiger partial charge in [-0.1, -0.05) is 6.07 Å². The number of piperidine rings is 1. The number of nitrogens with one attached hydrogen (secondary N) is 1. The normalized spacial score (nSPS) is 14.5. The van der Waals surface area contributed by atoms with Crippen molar-refractivity contribution in [3.63, 3.8) is 0 Å². The molecule has 1 saturated heterocycles. The number of rotatable bonds is 4. The molecule has 0 atom stereocenters. The van der Waals surface area contributed by atoms with Crippen molar-refractivity contribution >= 4 is 23.2 Å². The predicted molar refractivity (Wildman–Crippen MR) is 96.2 cm³/mol. The number of hydrogen-bond donors (Lipinski definition) is 1. The average Bonchev–Trinajstić information content (AvgIpc) is 3.07. The van der Waals surface area contributed by atoms with Crippen molar-refractivity contribution in [2.75, 3.05) is 23.3 Å². The maximum Gasteiger partial charge on any atom is 0.269 e. The highest BCUT2D eigenvalue weighted by molar-refractivity contribution is 5.89. The topological polar surface area (TPSA) is 97.4 Å². The molecule has 0 saturated carbocycles. The summed E-state index contributed by atoms with van der Waals surface area (Å²) in [5, 5.41) is 14.7. The quantitative estimate of drug-likeness (QED) is 0.749. The molecule has 4 rings (SSSR count). The monoisotopic (exact) mass is 353 g/mol. The second-order valence-electron chi connectivity index (χ2n) is 6.26. The number of aromatic nitrogens is 5. The van der Waals surface area contributed by atoms with Gasteiger partial charge in [0.1, 0.15) is 6.54 Å². The van der Waals surface area contributed by atoms with Crippen LogP contribution < -0.4 is 15.8 Å². The lowest BCUT2D eigenvalue weighted by Gasteiger charge is -2.28. The van der Waals surface area contributed by atoms with E-state index in [2.05, 4.69) is 25.5 Å². The lowest BCUT2D eigenvalue weighted by Crippen LogP contribution is -2.33. The van der Waals surface area contributed by atoms with Crippen molar-refractivity contribution in [1.82, 2.24) is 24.4 Å². The van der Waals surface area contributed by atoms with E-state index in [0.717, 1.165) is 36.3 Å². The predicted octanol–water partition coefficient (Wildman–Crippen LogP) is 0.915. The van der Waals surface area contributed by atoms with Crippen molar-refractivity contribution in [3.05, 3.63) is 47.0 Å². The number of fused-ring (bicyclic) bond motifs is 1. The summed E-state index contributed by atoms with van der Waals surface area (Å²) in [5.74, 6) is -0.0768. The molecule has 0 radical (unpaired) electrons. The lowest BCUT2D eigenvalue weighted by molar-refractivity contribution is -0.117. The second kappa shape index (κ2) is 6.95. The van der Waals surface area contributed by atoms with Gasteiger partial charge in [-0.15, -0.1) is 10.2 Å². The van der Waals surface area contributed by atoms with E-state index in [1.165, 1.54) is 12.5 Å². The maximum absolute atomic E-state index is 12.3. The fourth-order valence-corrected chi connectivity index (χ4v) is 3.09. The molecule has 9 nitrogen and oxygen atoms in total. The summed E-state index contributed by atoms with van der Waals surface area (Å²) in [5.41, 5.74) is 1.15. The number of carbonyl (C=O) groups is 1. The third-order valence-corrected chi connectivity index (χ3v) is 4.43. The Labute approximate surface area is 149 Å². The van der Waals surface area contributed by atoms with E-state index < -0.39 is 0 Å². The molecule has 1 aliphatic rings. The van der Waals surface area contributed by atoms with Gasteiger partial charge in [-0.25, -0.2) is 4.68 Å². The Kier molecular flexibility index (Phi) is 4.34. The highest BCUT2D eigenvalue weighted by Gasteiger charge is 2.14. The summed E-state index contributed by atoms with van der Waals surface area (Å²) in [6.45, 7) is 1.69. The van der Waals surface area contributed by atoms with Crippen LogP contribution in [0, 0.1) is 0 Å². The summed E-state index contributed by atoms with van der Waals surface area (Å²) in [4.78, 5) is 26.7. The third-order valence-electron chi connectivity index (χ3n) is 4.43. The van der Waals surface area contributed by atoms with Crippen molar-refractivity contribution in [2.45, 2.75) is 25.8 Å². The lowest BCUT2D eigenvalue weighted by atomic mass is 10.1. The molecule has 1 amide bonds. The molecule has 0 spiro atoms. The second-order valence-corrected chi connectivity index (χ2v) is 6.26. The fourth-order valence-electron chi connectivity index (χ4n) is 3.09. The minimum Gasteiger partial charge on any atom is -0.370 e. The summed E-state index contributed by atoms with van der Waals surface area (Å²) < 4.78 is 2.81. The van der Waals surface area contributed by atoms with Gasteiger partial charge in [0, 0.05) is 25.4 Å². The number of anilines is 2.